The van der Waals surface area contributed by atoms with Gasteiger partial charge < -0.3 is 45.2 Å². The van der Waals surface area contributed by atoms with E-state index in [1.165, 1.54) is 33.4 Å². The smallest absolute Gasteiger partial charge is 0.227 e. The number of nitrogens with one attached hydrogen (secondary N) is 6. The summed E-state index contributed by atoms with van der Waals surface area (Å²) in [5.41, 5.74) is 17.2. The second kappa shape index (κ2) is 25.3. The SMILES string of the molecule is CCc1c(CNC(=S)Nc2ccc(-c3nc4c5ccccc5c5ccccc5c4o3)cc2)c(CC)c(CNC(=S)Nc2ccc(-c3nc4c5ccccc5c5ccccc5c4o3)cc2)c(CC)c1CNC(=S)Nc1ccc(-c2nc3c4ccccc4c4ccccc4c3o2)cc1. The highest BCUT2D eigenvalue weighted by molar-refractivity contribution is 7.80. The molecule has 15 heteroatoms. The highest BCUT2D eigenvalue weighted by Crippen LogP contribution is 2.41. The summed E-state index contributed by atoms with van der Waals surface area (Å²) in [5, 5.41) is 35.8. The normalized spacial score (nSPS) is 11.7. The fourth-order valence-electron chi connectivity index (χ4n) is 14.1. The maximum Gasteiger partial charge on any atom is 0.227 e. The summed E-state index contributed by atoms with van der Waals surface area (Å²) in [4.78, 5) is 15.2. The van der Waals surface area contributed by atoms with Crippen molar-refractivity contribution in [3.05, 3.63) is 252 Å². The molecular weight excluding hydrogens is 1240 g/mol. The summed E-state index contributed by atoms with van der Waals surface area (Å²) in [7, 11) is 0. The van der Waals surface area contributed by atoms with Gasteiger partial charge >= 0.3 is 0 Å². The number of hydrogen-bond donors (Lipinski definition) is 6. The van der Waals surface area contributed by atoms with E-state index in [1.54, 1.807) is 0 Å². The van der Waals surface area contributed by atoms with E-state index >= 15 is 0 Å². The standard InChI is InChI=1S/C81H63N9O3S3/c1-4-52-67(43-82-79(94)85-49-37-31-46(32-38-49)76-88-70-61-25-13-7-19-55(61)58-22-10-16-28-64(58)73(70)91-76)53(5-2)69(45-84-81(96)87-51-41-35-48(36-42-51)78-90-72-63-27-15-9-21-57(63)60-24-12-18-30-66(60)75(72)93-78)54(6-3)68(52)44-83-80(95)86-50-39-33-47(34-40-50)77-89-71-62-26-14-8-20-56(62)59-23-11-17-29-65(59)74(71)92-77/h7-42H,4-6,43-45H2,1-3H3,(H2,82,85,94)(H2,83,86,95)(H2,84,87,96). The van der Waals surface area contributed by atoms with Crippen molar-refractivity contribution >= 4 is 167 Å². The van der Waals surface area contributed by atoms with Crippen molar-refractivity contribution in [1.29, 1.82) is 0 Å². The van der Waals surface area contributed by atoms with Gasteiger partial charge in [-0.15, -0.1) is 0 Å². The van der Waals surface area contributed by atoms with Gasteiger partial charge in [-0.25, -0.2) is 15.0 Å². The van der Waals surface area contributed by atoms with Crippen LogP contribution in [0.3, 0.4) is 0 Å². The molecule has 0 aliphatic heterocycles. The minimum atomic E-state index is 0.480. The number of rotatable bonds is 15. The molecule has 0 aliphatic carbocycles. The van der Waals surface area contributed by atoms with Gasteiger partial charge in [-0.1, -0.05) is 166 Å². The highest BCUT2D eigenvalue weighted by atomic mass is 32.1. The van der Waals surface area contributed by atoms with E-state index in [0.29, 0.717) is 52.6 Å². The van der Waals surface area contributed by atoms with Crippen LogP contribution in [-0.4, -0.2) is 30.3 Å². The molecular formula is C81H63N9O3S3. The second-order valence-electron chi connectivity index (χ2n) is 24.0. The van der Waals surface area contributed by atoms with E-state index in [4.69, 9.17) is 64.9 Å². The van der Waals surface area contributed by atoms with Crippen LogP contribution in [0.1, 0.15) is 54.2 Å². The molecule has 3 aromatic heterocycles. The molecule has 0 fully saturated rings. The van der Waals surface area contributed by atoms with Crippen LogP contribution in [0, 0.1) is 0 Å². The first-order valence-corrected chi connectivity index (χ1v) is 33.6. The van der Waals surface area contributed by atoms with Crippen molar-refractivity contribution in [2.45, 2.75) is 59.7 Å². The van der Waals surface area contributed by atoms with Crippen molar-refractivity contribution in [1.82, 2.24) is 30.9 Å². The molecule has 0 atom stereocenters. The van der Waals surface area contributed by atoms with Crippen LogP contribution in [0.15, 0.2) is 232 Å². The zero-order valence-electron chi connectivity index (χ0n) is 52.8. The van der Waals surface area contributed by atoms with Gasteiger partial charge in [-0.2, -0.15) is 0 Å². The molecule has 96 heavy (non-hydrogen) atoms. The first-order valence-electron chi connectivity index (χ1n) is 32.4. The number of fused-ring (bicyclic) bond motifs is 18. The lowest BCUT2D eigenvalue weighted by Crippen LogP contribution is -2.33. The Bertz CT molecular complexity index is 4980. The summed E-state index contributed by atoms with van der Waals surface area (Å²) in [6.45, 7) is 8.10. The van der Waals surface area contributed by atoms with Crippen LogP contribution < -0.4 is 31.9 Å². The summed E-state index contributed by atoms with van der Waals surface area (Å²) in [6.07, 6.45) is 2.34. The van der Waals surface area contributed by atoms with E-state index in [-0.39, 0.29) is 0 Å². The molecule has 3 heterocycles. The number of hydrogen-bond acceptors (Lipinski definition) is 9. The van der Waals surface area contributed by atoms with Gasteiger partial charge in [0.25, 0.3) is 0 Å². The molecule has 0 amide bonds. The van der Waals surface area contributed by atoms with Crippen molar-refractivity contribution in [2.24, 2.45) is 0 Å². The third-order valence-electron chi connectivity index (χ3n) is 18.5. The fourth-order valence-corrected chi connectivity index (χ4v) is 14.7. The lowest BCUT2D eigenvalue weighted by molar-refractivity contribution is 0.622. The Labute approximate surface area is 569 Å². The van der Waals surface area contributed by atoms with Gasteiger partial charge in [0.05, 0.1) is 0 Å². The van der Waals surface area contributed by atoms with Crippen molar-refractivity contribution in [3.63, 3.8) is 0 Å². The molecule has 0 radical (unpaired) electrons. The van der Waals surface area contributed by atoms with Crippen LogP contribution in [0.2, 0.25) is 0 Å². The van der Waals surface area contributed by atoms with Crippen molar-refractivity contribution in [2.75, 3.05) is 16.0 Å². The fraction of sp³-hybridized carbons (Fsp3) is 0.111. The van der Waals surface area contributed by atoms with Crippen LogP contribution >= 0.6 is 36.7 Å². The second-order valence-corrected chi connectivity index (χ2v) is 25.2. The van der Waals surface area contributed by atoms with Crippen molar-refractivity contribution in [3.8, 4) is 34.4 Å². The Hall–Kier alpha value is -11.1. The van der Waals surface area contributed by atoms with Crippen LogP contribution in [-0.2, 0) is 38.9 Å². The Balaban J connectivity index is 0.649. The van der Waals surface area contributed by atoms with Crippen molar-refractivity contribution < 1.29 is 13.3 Å². The summed E-state index contributed by atoms with van der Waals surface area (Å²) in [6, 6.07) is 74.2. The van der Waals surface area contributed by atoms with Crippen LogP contribution in [0.25, 0.3) is 132 Å². The third kappa shape index (κ3) is 10.9. The molecule has 0 saturated heterocycles. The first kappa shape index (κ1) is 59.9. The molecule has 13 aromatic carbocycles. The Morgan fingerprint density at radius 3 is 0.740 bits per heavy atom. The number of thiocarbonyl (C=S) groups is 3. The maximum atomic E-state index is 6.56. The van der Waals surface area contributed by atoms with Gasteiger partial charge in [0, 0.05) is 85.7 Å². The molecule has 0 saturated carbocycles. The van der Waals surface area contributed by atoms with Crippen LogP contribution in [0.4, 0.5) is 17.1 Å². The molecule has 0 aliphatic rings. The topological polar surface area (TPSA) is 150 Å². The number of oxazole rings is 3. The number of aromatic nitrogens is 3. The minimum Gasteiger partial charge on any atom is -0.435 e. The largest absolute Gasteiger partial charge is 0.435 e. The Morgan fingerprint density at radius 2 is 0.500 bits per heavy atom. The summed E-state index contributed by atoms with van der Waals surface area (Å²) >= 11 is 18.3. The van der Waals surface area contributed by atoms with Gasteiger partial charge in [-0.3, -0.25) is 0 Å². The molecule has 6 N–H and O–H groups in total. The zero-order chi connectivity index (χ0) is 65.0. The predicted molar refractivity (Wildman–Crippen MR) is 407 cm³/mol. The zero-order valence-corrected chi connectivity index (χ0v) is 55.3. The molecule has 12 nitrogen and oxygen atoms in total. The third-order valence-corrected chi connectivity index (χ3v) is 19.2. The molecule has 0 spiro atoms. The van der Waals surface area contributed by atoms with Gasteiger partial charge in [0.1, 0.15) is 16.6 Å². The number of anilines is 3. The minimum absolute atomic E-state index is 0.480. The number of benzene rings is 13. The first-order chi connectivity index (χ1) is 47.2. The van der Waals surface area contributed by atoms with E-state index < -0.39 is 0 Å². The average Bonchev–Trinajstić information content (AvgIpc) is 1.59. The van der Waals surface area contributed by atoms with Crippen LogP contribution in [0.5, 0.6) is 0 Å². The van der Waals surface area contributed by atoms with Gasteiger partial charge in [0.2, 0.25) is 17.7 Å². The summed E-state index contributed by atoms with van der Waals surface area (Å²) < 4.78 is 19.7. The number of nitrogens with zero attached hydrogens (tertiary/aromatic N) is 3. The molecule has 0 bridgehead atoms. The van der Waals surface area contributed by atoms with E-state index in [2.05, 4.69) is 162 Å². The van der Waals surface area contributed by atoms with E-state index in [1.807, 2.05) is 109 Å². The maximum absolute atomic E-state index is 6.56. The molecule has 468 valence electrons. The highest BCUT2D eigenvalue weighted by Gasteiger charge is 2.24. The molecule has 0 unspecified atom stereocenters. The Morgan fingerprint density at radius 1 is 0.281 bits per heavy atom. The van der Waals surface area contributed by atoms with E-state index in [0.717, 1.165) is 151 Å². The molecule has 16 aromatic rings. The van der Waals surface area contributed by atoms with E-state index in [9.17, 15) is 0 Å². The Kier molecular flexibility index (Phi) is 15.8. The average molecular weight is 1310 g/mol. The lowest BCUT2D eigenvalue weighted by Gasteiger charge is -2.27. The molecule has 16 rings (SSSR count). The quantitative estimate of drug-likeness (QED) is 0.0427. The monoisotopic (exact) mass is 1310 g/mol. The summed E-state index contributed by atoms with van der Waals surface area (Å²) in [5.74, 6) is 1.67. The lowest BCUT2D eigenvalue weighted by atomic mass is 9.83. The van der Waals surface area contributed by atoms with Gasteiger partial charge in [-0.05, 0) is 194 Å². The van der Waals surface area contributed by atoms with Gasteiger partial charge in [0.15, 0.2) is 32.1 Å². The predicted octanol–water partition coefficient (Wildman–Crippen LogP) is 20.2.